The van der Waals surface area contributed by atoms with Crippen LogP contribution in [-0.4, -0.2) is 36.1 Å². The molecule has 2 atom stereocenters. The maximum absolute atomic E-state index is 14.6. The zero-order chi connectivity index (χ0) is 17.6. The van der Waals surface area contributed by atoms with Gasteiger partial charge in [0.05, 0.1) is 6.04 Å². The Hall–Kier alpha value is -1.75. The highest BCUT2D eigenvalue weighted by molar-refractivity contribution is 5.99. The van der Waals surface area contributed by atoms with E-state index >= 15 is 0 Å². The molecular weight excluding hydrogens is 351 g/mol. The third kappa shape index (κ3) is 5.13. The lowest BCUT2D eigenvalue weighted by molar-refractivity contribution is 0.0452. The molecule has 0 amide bonds. The van der Waals surface area contributed by atoms with E-state index in [1.165, 1.54) is 5.56 Å². The number of Topliss-reactive ketones (excluding diaryl/α,β-unsaturated/α-hetero) is 1. The van der Waals surface area contributed by atoms with Crippen LogP contribution in [0.3, 0.4) is 0 Å². The summed E-state index contributed by atoms with van der Waals surface area (Å²) in [6.45, 7) is 1.40. The molecule has 1 aliphatic rings. The molecule has 140 valence electrons. The van der Waals surface area contributed by atoms with Gasteiger partial charge < -0.3 is 5.73 Å². The minimum atomic E-state index is -1.17. The number of halogens is 2. The molecule has 2 N–H and O–H groups in total. The number of carbonyl (C=O) groups excluding carboxylic acids is 1. The Morgan fingerprint density at radius 1 is 1.04 bits per heavy atom. The first kappa shape index (κ1) is 20.6. The minimum absolute atomic E-state index is 0. The summed E-state index contributed by atoms with van der Waals surface area (Å²) < 4.78 is 14.6. The van der Waals surface area contributed by atoms with E-state index in [-0.39, 0.29) is 24.6 Å². The Morgan fingerprint density at radius 3 is 2.15 bits per heavy atom. The van der Waals surface area contributed by atoms with Gasteiger partial charge in [-0.05, 0) is 24.3 Å². The predicted octanol–water partition coefficient (Wildman–Crippen LogP) is 4.18. The zero-order valence-electron chi connectivity index (χ0n) is 14.8. The summed E-state index contributed by atoms with van der Waals surface area (Å²) in [4.78, 5) is 14.1. The molecule has 1 fully saturated rings. The Kier molecular flexibility index (Phi) is 7.76. The average Bonchev–Trinajstić information content (AvgIpc) is 2.68. The van der Waals surface area contributed by atoms with E-state index in [1.807, 2.05) is 29.2 Å². The third-order valence-corrected chi connectivity index (χ3v) is 5.04. The van der Waals surface area contributed by atoms with Crippen LogP contribution in [0.1, 0.15) is 41.1 Å². The molecule has 26 heavy (non-hydrogen) atoms. The van der Waals surface area contributed by atoms with E-state index in [4.69, 9.17) is 5.73 Å². The maximum atomic E-state index is 14.6. The van der Waals surface area contributed by atoms with Crippen molar-refractivity contribution in [1.82, 2.24) is 4.90 Å². The number of hydrogen-bond donors (Lipinski definition) is 1. The summed E-state index contributed by atoms with van der Waals surface area (Å²) in [5.74, 6) is 0.298. The van der Waals surface area contributed by atoms with Crippen molar-refractivity contribution in [1.29, 1.82) is 0 Å². The predicted molar refractivity (Wildman–Crippen MR) is 105 cm³/mol. The van der Waals surface area contributed by atoms with E-state index < -0.39 is 12.3 Å². The van der Waals surface area contributed by atoms with Gasteiger partial charge in [0.25, 0.3) is 0 Å². The molecule has 0 spiro atoms. The number of ketones is 1. The van der Waals surface area contributed by atoms with Gasteiger partial charge in [0.15, 0.2) is 12.1 Å². The number of benzene rings is 2. The van der Waals surface area contributed by atoms with Gasteiger partial charge in [0.2, 0.25) is 0 Å². The van der Waals surface area contributed by atoms with Crippen LogP contribution in [0.5, 0.6) is 0 Å². The van der Waals surface area contributed by atoms with Crippen molar-refractivity contribution < 1.29 is 9.18 Å². The lowest BCUT2D eigenvalue weighted by atomic mass is 9.89. The molecule has 1 saturated heterocycles. The van der Waals surface area contributed by atoms with Gasteiger partial charge in [0, 0.05) is 25.1 Å². The second kappa shape index (κ2) is 9.81. The highest BCUT2D eigenvalue weighted by Gasteiger charge is 2.28. The first-order chi connectivity index (χ1) is 12.1. The zero-order valence-corrected chi connectivity index (χ0v) is 15.6. The molecule has 3 rings (SSSR count). The number of nitrogens with zero attached hydrogens (tertiary/aromatic N) is 1. The first-order valence-electron chi connectivity index (χ1n) is 8.93. The van der Waals surface area contributed by atoms with E-state index in [0.29, 0.717) is 24.6 Å². The maximum Gasteiger partial charge on any atom is 0.179 e. The number of hydrogen-bond acceptors (Lipinski definition) is 3. The number of carbonyl (C=O) groups is 1. The molecule has 0 aromatic heterocycles. The summed E-state index contributed by atoms with van der Waals surface area (Å²) >= 11 is 0. The average molecular weight is 377 g/mol. The topological polar surface area (TPSA) is 46.3 Å². The second-order valence-corrected chi connectivity index (χ2v) is 6.73. The van der Waals surface area contributed by atoms with Crippen LogP contribution >= 0.6 is 12.4 Å². The van der Waals surface area contributed by atoms with Crippen molar-refractivity contribution >= 4 is 18.2 Å². The molecule has 2 unspecified atom stereocenters. The fourth-order valence-corrected chi connectivity index (χ4v) is 3.52. The SMILES string of the molecule is Cl.NC(CC(F)N1CCC(c2ccccc2)CC1)C(=O)c1ccccc1. The number of rotatable bonds is 6. The monoisotopic (exact) mass is 376 g/mol. The number of alkyl halides is 1. The molecule has 5 heteroatoms. The largest absolute Gasteiger partial charge is 0.321 e. The van der Waals surface area contributed by atoms with E-state index in [0.717, 1.165) is 12.8 Å². The van der Waals surface area contributed by atoms with Crippen LogP contribution in [0.4, 0.5) is 4.39 Å². The lowest BCUT2D eigenvalue weighted by Gasteiger charge is -2.34. The normalized spacial score (nSPS) is 17.9. The molecule has 0 saturated carbocycles. The molecule has 0 aliphatic carbocycles. The summed E-state index contributed by atoms with van der Waals surface area (Å²) in [7, 11) is 0. The van der Waals surface area contributed by atoms with E-state index in [9.17, 15) is 9.18 Å². The van der Waals surface area contributed by atoms with Crippen LogP contribution in [0, 0.1) is 0 Å². The summed E-state index contributed by atoms with van der Waals surface area (Å²) in [6.07, 6.45) is 0.752. The Balaban J connectivity index is 0.00000243. The van der Waals surface area contributed by atoms with Crippen molar-refractivity contribution in [2.24, 2.45) is 5.73 Å². The molecule has 2 aromatic carbocycles. The molecule has 1 heterocycles. The summed E-state index contributed by atoms with van der Waals surface area (Å²) in [5, 5.41) is 0. The van der Waals surface area contributed by atoms with Crippen molar-refractivity contribution in [3.05, 3.63) is 71.8 Å². The van der Waals surface area contributed by atoms with Gasteiger partial charge in [-0.1, -0.05) is 60.7 Å². The summed E-state index contributed by atoms with van der Waals surface area (Å²) in [5.41, 5.74) is 7.83. The van der Waals surface area contributed by atoms with Gasteiger partial charge in [-0.3, -0.25) is 9.69 Å². The fourth-order valence-electron chi connectivity index (χ4n) is 3.52. The molecule has 3 nitrogen and oxygen atoms in total. The Morgan fingerprint density at radius 2 is 1.58 bits per heavy atom. The van der Waals surface area contributed by atoms with Gasteiger partial charge in [-0.25, -0.2) is 4.39 Å². The van der Waals surface area contributed by atoms with Gasteiger partial charge in [-0.2, -0.15) is 0 Å². The van der Waals surface area contributed by atoms with Gasteiger partial charge in [-0.15, -0.1) is 12.4 Å². The van der Waals surface area contributed by atoms with Crippen molar-refractivity contribution in [2.75, 3.05) is 13.1 Å². The molecule has 1 aliphatic heterocycles. The van der Waals surface area contributed by atoms with E-state index in [1.54, 1.807) is 24.3 Å². The van der Waals surface area contributed by atoms with Crippen molar-refractivity contribution in [2.45, 2.75) is 37.5 Å². The highest BCUT2D eigenvalue weighted by atomic mass is 35.5. The smallest absolute Gasteiger partial charge is 0.179 e. The molecule has 0 bridgehead atoms. The Bertz CT molecular complexity index is 675. The van der Waals surface area contributed by atoms with Crippen molar-refractivity contribution in [3.8, 4) is 0 Å². The van der Waals surface area contributed by atoms with Crippen LogP contribution in [0.25, 0.3) is 0 Å². The first-order valence-corrected chi connectivity index (χ1v) is 8.93. The Labute approximate surface area is 160 Å². The number of piperidine rings is 1. The van der Waals surface area contributed by atoms with Gasteiger partial charge >= 0.3 is 0 Å². The van der Waals surface area contributed by atoms with Crippen LogP contribution < -0.4 is 5.73 Å². The lowest BCUT2D eigenvalue weighted by Crippen LogP contribution is -2.43. The molecule has 2 aromatic rings. The standard InChI is InChI=1S/C21H25FN2O.ClH/c22-20(15-19(23)21(25)18-9-5-2-6-10-18)24-13-11-17(12-14-24)16-7-3-1-4-8-16;/h1-10,17,19-20H,11-15,23H2;1H. The van der Waals surface area contributed by atoms with Gasteiger partial charge in [0.1, 0.15) is 0 Å². The van der Waals surface area contributed by atoms with Crippen LogP contribution in [0.15, 0.2) is 60.7 Å². The second-order valence-electron chi connectivity index (χ2n) is 6.73. The summed E-state index contributed by atoms with van der Waals surface area (Å²) in [6, 6.07) is 18.5. The highest BCUT2D eigenvalue weighted by Crippen LogP contribution is 2.29. The van der Waals surface area contributed by atoms with E-state index in [2.05, 4.69) is 12.1 Å². The molecule has 0 radical (unpaired) electrons. The van der Waals surface area contributed by atoms with Crippen LogP contribution in [0.2, 0.25) is 0 Å². The number of nitrogens with two attached hydrogens (primary N) is 1. The number of likely N-dealkylation sites (tertiary alicyclic amines) is 1. The fraction of sp³-hybridized carbons (Fsp3) is 0.381. The third-order valence-electron chi connectivity index (χ3n) is 5.04. The van der Waals surface area contributed by atoms with Crippen LogP contribution in [-0.2, 0) is 0 Å². The minimum Gasteiger partial charge on any atom is -0.321 e. The van der Waals surface area contributed by atoms with Crippen molar-refractivity contribution in [3.63, 3.8) is 0 Å². The molecular formula is C21H26ClFN2O. The quantitative estimate of drug-likeness (QED) is 0.607.